The number of nitrogens with zero attached hydrogens (tertiary/aromatic N) is 2. The predicted octanol–water partition coefficient (Wildman–Crippen LogP) is 4.72. The zero-order chi connectivity index (χ0) is 26.1. The molecule has 0 saturated heterocycles. The van der Waals surface area contributed by atoms with E-state index in [1.165, 1.54) is 15.9 Å². The van der Waals surface area contributed by atoms with Crippen molar-refractivity contribution in [2.75, 3.05) is 13.7 Å². The fourth-order valence-electron chi connectivity index (χ4n) is 4.28. The first-order chi connectivity index (χ1) is 17.9. The van der Waals surface area contributed by atoms with Crippen LogP contribution in [0.2, 0.25) is 5.02 Å². The minimum Gasteiger partial charge on any atom is -0.497 e. The van der Waals surface area contributed by atoms with Gasteiger partial charge in [-0.15, -0.1) is 0 Å². The number of methoxy groups -OCH3 is 1. The lowest BCUT2D eigenvalue weighted by molar-refractivity contribution is -0.139. The molecule has 1 aliphatic heterocycles. The molecule has 7 nitrogen and oxygen atoms in total. The SMILES string of the molecule is CCOC(=O)C1=C(C)N=c2s/c(=C/c3ccc(-c4cccc(Cl)c4)o3)c(=O)n2C1c1cccc(OC)c1. The second-order valence-electron chi connectivity index (χ2n) is 8.29. The van der Waals surface area contributed by atoms with Gasteiger partial charge in [-0.1, -0.05) is 47.2 Å². The molecule has 2 aromatic carbocycles. The van der Waals surface area contributed by atoms with Gasteiger partial charge in [0.2, 0.25) is 0 Å². The summed E-state index contributed by atoms with van der Waals surface area (Å²) in [7, 11) is 1.57. The molecule has 5 rings (SSSR count). The number of halogens is 1. The quantitative estimate of drug-likeness (QED) is 0.334. The smallest absolute Gasteiger partial charge is 0.338 e. The first-order valence-corrected chi connectivity index (χ1v) is 12.8. The highest BCUT2D eigenvalue weighted by Crippen LogP contribution is 2.32. The molecule has 0 fully saturated rings. The van der Waals surface area contributed by atoms with Crippen LogP contribution in [0.5, 0.6) is 5.75 Å². The molecule has 0 aliphatic carbocycles. The lowest BCUT2D eigenvalue weighted by Gasteiger charge is -2.24. The maximum Gasteiger partial charge on any atom is 0.338 e. The largest absolute Gasteiger partial charge is 0.497 e. The zero-order valence-corrected chi connectivity index (χ0v) is 21.9. The number of rotatable bonds is 6. The Morgan fingerprint density at radius 3 is 2.76 bits per heavy atom. The predicted molar refractivity (Wildman–Crippen MR) is 143 cm³/mol. The maximum absolute atomic E-state index is 13.7. The van der Waals surface area contributed by atoms with Gasteiger partial charge in [-0.25, -0.2) is 9.79 Å². The number of thiazole rings is 1. The summed E-state index contributed by atoms with van der Waals surface area (Å²) in [6.45, 7) is 3.70. The molecule has 1 unspecified atom stereocenters. The van der Waals surface area contributed by atoms with Crippen LogP contribution in [-0.4, -0.2) is 24.3 Å². The molecule has 9 heteroatoms. The minimum atomic E-state index is -0.717. The molecule has 3 heterocycles. The normalized spacial score (nSPS) is 15.4. The van der Waals surface area contributed by atoms with Crippen LogP contribution in [0.15, 0.2) is 86.1 Å². The van der Waals surface area contributed by atoms with Crippen molar-refractivity contribution in [2.24, 2.45) is 4.99 Å². The van der Waals surface area contributed by atoms with Crippen molar-refractivity contribution in [1.82, 2.24) is 4.57 Å². The van der Waals surface area contributed by atoms with Crippen molar-refractivity contribution in [2.45, 2.75) is 19.9 Å². The lowest BCUT2D eigenvalue weighted by Crippen LogP contribution is -2.39. The van der Waals surface area contributed by atoms with Gasteiger partial charge in [-0.2, -0.15) is 0 Å². The van der Waals surface area contributed by atoms with Gasteiger partial charge in [0, 0.05) is 16.7 Å². The summed E-state index contributed by atoms with van der Waals surface area (Å²) in [4.78, 5) is 31.8. The number of furan rings is 1. The molecule has 37 heavy (non-hydrogen) atoms. The number of fused-ring (bicyclic) bond motifs is 1. The van der Waals surface area contributed by atoms with E-state index in [1.807, 2.05) is 48.5 Å². The second-order valence-corrected chi connectivity index (χ2v) is 9.74. The topological polar surface area (TPSA) is 83.0 Å². The van der Waals surface area contributed by atoms with Crippen LogP contribution in [-0.2, 0) is 9.53 Å². The van der Waals surface area contributed by atoms with Gasteiger partial charge in [-0.3, -0.25) is 9.36 Å². The minimum absolute atomic E-state index is 0.207. The number of esters is 1. The number of carbonyl (C=O) groups excluding carboxylic acids is 1. The molecular formula is C28H23ClN2O5S. The van der Waals surface area contributed by atoms with E-state index in [0.717, 1.165) is 5.56 Å². The molecule has 4 aromatic rings. The molecule has 188 valence electrons. The summed E-state index contributed by atoms with van der Waals surface area (Å²) in [5, 5.41) is 0.606. The van der Waals surface area contributed by atoms with Crippen LogP contribution in [0.1, 0.15) is 31.2 Å². The van der Waals surface area contributed by atoms with Crippen LogP contribution < -0.4 is 19.6 Å². The fourth-order valence-corrected chi connectivity index (χ4v) is 5.49. The highest BCUT2D eigenvalue weighted by Gasteiger charge is 2.33. The average Bonchev–Trinajstić information content (AvgIpc) is 3.48. The number of ether oxygens (including phenoxy) is 2. The van der Waals surface area contributed by atoms with Crippen molar-refractivity contribution in [3.05, 3.63) is 108 Å². The monoisotopic (exact) mass is 534 g/mol. The van der Waals surface area contributed by atoms with Crippen LogP contribution in [0.4, 0.5) is 0 Å². The molecule has 0 bridgehead atoms. The Bertz CT molecular complexity index is 1710. The van der Waals surface area contributed by atoms with Gasteiger partial charge in [0.05, 0.1) is 35.6 Å². The van der Waals surface area contributed by atoms with E-state index in [1.54, 1.807) is 39.2 Å². The molecule has 0 amide bonds. The summed E-state index contributed by atoms with van der Waals surface area (Å²) in [6, 6.07) is 17.6. The molecule has 0 radical (unpaired) electrons. The van der Waals surface area contributed by atoms with E-state index in [4.69, 9.17) is 25.5 Å². The summed E-state index contributed by atoms with van der Waals surface area (Å²) in [5.41, 5.74) is 2.08. The summed E-state index contributed by atoms with van der Waals surface area (Å²) < 4.78 is 18.7. The van der Waals surface area contributed by atoms with E-state index in [0.29, 0.717) is 48.5 Å². The van der Waals surface area contributed by atoms with Crippen molar-refractivity contribution in [3.63, 3.8) is 0 Å². The third-order valence-electron chi connectivity index (χ3n) is 5.94. The van der Waals surface area contributed by atoms with E-state index in [9.17, 15) is 9.59 Å². The summed E-state index contributed by atoms with van der Waals surface area (Å²) in [5.74, 6) is 1.25. The first-order valence-electron chi connectivity index (χ1n) is 11.6. The zero-order valence-electron chi connectivity index (χ0n) is 20.4. The first kappa shape index (κ1) is 24.8. The molecule has 0 N–H and O–H groups in total. The van der Waals surface area contributed by atoms with Gasteiger partial charge in [-0.05, 0) is 55.8 Å². The Labute approximate surface area is 221 Å². The van der Waals surface area contributed by atoms with Crippen molar-refractivity contribution < 1.29 is 18.7 Å². The molecule has 1 atom stereocenters. The highest BCUT2D eigenvalue weighted by atomic mass is 35.5. The Morgan fingerprint density at radius 2 is 2.00 bits per heavy atom. The van der Waals surface area contributed by atoms with Crippen molar-refractivity contribution >= 4 is 35.0 Å². The van der Waals surface area contributed by atoms with Crippen LogP contribution >= 0.6 is 22.9 Å². The number of aromatic nitrogens is 1. The Kier molecular flexibility index (Phi) is 6.86. The van der Waals surface area contributed by atoms with Crippen LogP contribution in [0.25, 0.3) is 17.4 Å². The number of hydrogen-bond acceptors (Lipinski definition) is 7. The molecule has 1 aliphatic rings. The third kappa shape index (κ3) is 4.77. The highest BCUT2D eigenvalue weighted by molar-refractivity contribution is 7.07. The summed E-state index contributed by atoms with van der Waals surface area (Å²) in [6.07, 6.45) is 1.68. The Balaban J connectivity index is 1.65. The molecule has 2 aromatic heterocycles. The van der Waals surface area contributed by atoms with E-state index >= 15 is 0 Å². The maximum atomic E-state index is 13.7. The van der Waals surface area contributed by atoms with E-state index < -0.39 is 12.0 Å². The van der Waals surface area contributed by atoms with E-state index in [2.05, 4.69) is 4.99 Å². The van der Waals surface area contributed by atoms with E-state index in [-0.39, 0.29) is 12.2 Å². The number of hydrogen-bond donors (Lipinski definition) is 0. The summed E-state index contributed by atoms with van der Waals surface area (Å²) >= 11 is 7.34. The van der Waals surface area contributed by atoms with Gasteiger partial charge in [0.15, 0.2) is 4.80 Å². The van der Waals surface area contributed by atoms with Gasteiger partial charge in [0.25, 0.3) is 5.56 Å². The molecule has 0 spiro atoms. The second kappa shape index (κ2) is 10.2. The van der Waals surface area contributed by atoms with Crippen LogP contribution in [0, 0.1) is 0 Å². The van der Waals surface area contributed by atoms with Crippen molar-refractivity contribution in [3.8, 4) is 17.1 Å². The molecular weight excluding hydrogens is 512 g/mol. The van der Waals surface area contributed by atoms with Gasteiger partial charge >= 0.3 is 5.97 Å². The van der Waals surface area contributed by atoms with Gasteiger partial charge in [0.1, 0.15) is 17.3 Å². The fraction of sp³-hybridized carbons (Fsp3) is 0.179. The number of benzene rings is 2. The number of carbonyl (C=O) groups is 1. The average molecular weight is 535 g/mol. The van der Waals surface area contributed by atoms with Crippen LogP contribution in [0.3, 0.4) is 0 Å². The number of allylic oxidation sites excluding steroid dienone is 1. The molecule has 0 saturated carbocycles. The van der Waals surface area contributed by atoms with Gasteiger partial charge < -0.3 is 13.9 Å². The Hall–Kier alpha value is -3.88. The van der Waals surface area contributed by atoms with Crippen molar-refractivity contribution in [1.29, 1.82) is 0 Å². The third-order valence-corrected chi connectivity index (χ3v) is 7.15. The lowest BCUT2D eigenvalue weighted by atomic mass is 9.95. The standard InChI is InChI=1S/C28H23ClN2O5S/c1-4-35-27(33)24-16(2)30-28-31(25(24)18-8-6-10-20(14-18)34-3)26(32)23(37-28)15-21-11-12-22(36-21)17-7-5-9-19(29)13-17/h5-15,25H,4H2,1-3H3/b23-15+. The Morgan fingerprint density at radius 1 is 1.19 bits per heavy atom.